The van der Waals surface area contributed by atoms with Gasteiger partial charge in [-0.15, -0.1) is 0 Å². The summed E-state index contributed by atoms with van der Waals surface area (Å²) in [4.78, 5) is 0. The first-order valence-electron chi connectivity index (χ1n) is 3.26. The SMILES string of the molecule is C/C=C/CC/C=C/C[O]. The Hall–Kier alpha value is -0.560. The molecule has 0 saturated heterocycles. The van der Waals surface area contributed by atoms with Crippen molar-refractivity contribution in [2.45, 2.75) is 19.8 Å². The van der Waals surface area contributed by atoms with Crippen molar-refractivity contribution in [3.8, 4) is 0 Å². The quantitative estimate of drug-likeness (QED) is 0.406. The fraction of sp³-hybridized carbons (Fsp3) is 0.500. The largest absolute Gasteiger partial charge is 0.232 e. The van der Waals surface area contributed by atoms with E-state index in [1.54, 1.807) is 6.08 Å². The van der Waals surface area contributed by atoms with E-state index in [4.69, 9.17) is 0 Å². The second-order valence-corrected chi connectivity index (χ2v) is 1.78. The van der Waals surface area contributed by atoms with E-state index < -0.39 is 0 Å². The number of hydrogen-bond donors (Lipinski definition) is 0. The molecule has 0 aromatic rings. The van der Waals surface area contributed by atoms with Gasteiger partial charge in [0.2, 0.25) is 0 Å². The fourth-order valence-corrected chi connectivity index (χ4v) is 0.545. The molecule has 0 aromatic heterocycles. The third-order valence-corrected chi connectivity index (χ3v) is 0.999. The van der Waals surface area contributed by atoms with E-state index in [9.17, 15) is 5.11 Å². The van der Waals surface area contributed by atoms with E-state index in [-0.39, 0.29) is 6.61 Å². The molecule has 0 heterocycles. The van der Waals surface area contributed by atoms with E-state index in [0.29, 0.717) is 0 Å². The summed E-state index contributed by atoms with van der Waals surface area (Å²) in [5, 5.41) is 9.86. The maximum atomic E-state index is 9.86. The van der Waals surface area contributed by atoms with E-state index in [1.807, 2.05) is 19.1 Å². The topological polar surface area (TPSA) is 19.9 Å². The molecule has 0 spiro atoms. The molecule has 0 unspecified atom stereocenters. The summed E-state index contributed by atoms with van der Waals surface area (Å²) in [6.45, 7) is 1.91. The van der Waals surface area contributed by atoms with Gasteiger partial charge in [-0.05, 0) is 19.8 Å². The second kappa shape index (κ2) is 7.44. The molecule has 0 atom stereocenters. The summed E-state index contributed by atoms with van der Waals surface area (Å²) in [5.74, 6) is 0. The molecule has 0 bridgehead atoms. The van der Waals surface area contributed by atoms with Crippen LogP contribution in [0.3, 0.4) is 0 Å². The molecular weight excluding hydrogens is 112 g/mol. The van der Waals surface area contributed by atoms with Crippen LogP contribution in [0.25, 0.3) is 0 Å². The third kappa shape index (κ3) is 7.44. The van der Waals surface area contributed by atoms with Crippen LogP contribution in [0.4, 0.5) is 0 Å². The highest BCUT2D eigenvalue weighted by Crippen LogP contribution is 1.91. The molecule has 0 saturated carbocycles. The summed E-state index contributed by atoms with van der Waals surface area (Å²) in [6.07, 6.45) is 9.73. The molecule has 1 nitrogen and oxygen atoms in total. The van der Waals surface area contributed by atoms with Gasteiger partial charge in [-0.2, -0.15) is 0 Å². The number of hydrogen-bond acceptors (Lipinski definition) is 0. The molecule has 1 radical (unpaired) electrons. The van der Waals surface area contributed by atoms with Crippen LogP contribution in [-0.4, -0.2) is 6.61 Å². The Morgan fingerprint density at radius 2 is 1.78 bits per heavy atom. The highest BCUT2D eigenvalue weighted by molar-refractivity contribution is 4.85. The molecule has 0 fully saturated rings. The zero-order valence-electron chi connectivity index (χ0n) is 5.84. The monoisotopic (exact) mass is 125 g/mol. The van der Waals surface area contributed by atoms with Crippen molar-refractivity contribution in [3.63, 3.8) is 0 Å². The number of rotatable bonds is 4. The standard InChI is InChI=1S/C8H13O/c1-2-3-4-5-6-7-8-9/h2-3,6-7H,4-5,8H2,1H3/b3-2+,7-6+. The lowest BCUT2D eigenvalue weighted by Gasteiger charge is -1.82. The lowest BCUT2D eigenvalue weighted by molar-refractivity contribution is 0.232. The van der Waals surface area contributed by atoms with E-state index >= 15 is 0 Å². The minimum Gasteiger partial charge on any atom is -0.232 e. The van der Waals surface area contributed by atoms with Crippen molar-refractivity contribution in [2.24, 2.45) is 0 Å². The zero-order valence-corrected chi connectivity index (χ0v) is 5.84. The molecule has 0 N–H and O–H groups in total. The van der Waals surface area contributed by atoms with E-state index in [2.05, 4.69) is 6.08 Å². The van der Waals surface area contributed by atoms with Gasteiger partial charge in [-0.25, -0.2) is 5.11 Å². The average molecular weight is 125 g/mol. The van der Waals surface area contributed by atoms with Crippen molar-refractivity contribution >= 4 is 0 Å². The van der Waals surface area contributed by atoms with Crippen LogP contribution in [-0.2, 0) is 5.11 Å². The van der Waals surface area contributed by atoms with Crippen molar-refractivity contribution in [1.29, 1.82) is 0 Å². The van der Waals surface area contributed by atoms with Gasteiger partial charge in [0.25, 0.3) is 0 Å². The Kier molecular flexibility index (Phi) is 6.98. The normalized spacial score (nSPS) is 11.8. The smallest absolute Gasteiger partial charge is 0.100 e. The van der Waals surface area contributed by atoms with Crippen LogP contribution in [0.15, 0.2) is 24.3 Å². The Labute approximate surface area is 56.7 Å². The molecule has 51 valence electrons. The van der Waals surface area contributed by atoms with Gasteiger partial charge in [0.1, 0.15) is 6.61 Å². The molecule has 0 amide bonds. The maximum Gasteiger partial charge on any atom is 0.100 e. The predicted molar refractivity (Wildman–Crippen MR) is 38.7 cm³/mol. The number of unbranched alkanes of at least 4 members (excludes halogenated alkanes) is 1. The Morgan fingerprint density at radius 1 is 1.11 bits per heavy atom. The molecule has 1 heteroatoms. The number of allylic oxidation sites excluding steroid dienone is 3. The summed E-state index contributed by atoms with van der Waals surface area (Å²) in [7, 11) is 0. The maximum absolute atomic E-state index is 9.86. The first kappa shape index (κ1) is 8.44. The molecule has 0 aliphatic heterocycles. The average Bonchev–Trinajstić information content (AvgIpc) is 1.89. The van der Waals surface area contributed by atoms with Crippen molar-refractivity contribution in [1.82, 2.24) is 0 Å². The van der Waals surface area contributed by atoms with Gasteiger partial charge in [0.05, 0.1) is 0 Å². The van der Waals surface area contributed by atoms with E-state index in [0.717, 1.165) is 12.8 Å². The molecule has 0 aromatic carbocycles. The van der Waals surface area contributed by atoms with Gasteiger partial charge >= 0.3 is 0 Å². The minimum atomic E-state index is -0.0875. The Balaban J connectivity index is 2.99. The fourth-order valence-electron chi connectivity index (χ4n) is 0.545. The third-order valence-electron chi connectivity index (χ3n) is 0.999. The van der Waals surface area contributed by atoms with Gasteiger partial charge < -0.3 is 0 Å². The highest BCUT2D eigenvalue weighted by atomic mass is 16.2. The van der Waals surface area contributed by atoms with Crippen LogP contribution < -0.4 is 0 Å². The first-order chi connectivity index (χ1) is 4.41. The summed E-state index contributed by atoms with van der Waals surface area (Å²) in [5.41, 5.74) is 0. The molecule has 9 heavy (non-hydrogen) atoms. The summed E-state index contributed by atoms with van der Waals surface area (Å²) in [6, 6.07) is 0. The van der Waals surface area contributed by atoms with Gasteiger partial charge in [-0.3, -0.25) is 0 Å². The van der Waals surface area contributed by atoms with Gasteiger partial charge in [-0.1, -0.05) is 24.3 Å². The minimum absolute atomic E-state index is 0.0875. The lowest BCUT2D eigenvalue weighted by Crippen LogP contribution is -1.68. The molecular formula is C8H13O. The lowest BCUT2D eigenvalue weighted by atomic mass is 10.3. The zero-order chi connectivity index (χ0) is 6.95. The first-order valence-corrected chi connectivity index (χ1v) is 3.26. The summed E-state index contributed by atoms with van der Waals surface area (Å²) >= 11 is 0. The highest BCUT2D eigenvalue weighted by Gasteiger charge is 1.73. The van der Waals surface area contributed by atoms with Gasteiger partial charge in [0, 0.05) is 0 Å². The van der Waals surface area contributed by atoms with Crippen LogP contribution >= 0.6 is 0 Å². The van der Waals surface area contributed by atoms with Crippen molar-refractivity contribution < 1.29 is 5.11 Å². The summed E-state index contributed by atoms with van der Waals surface area (Å²) < 4.78 is 0. The van der Waals surface area contributed by atoms with Crippen LogP contribution in [0, 0.1) is 0 Å². The molecule has 0 rings (SSSR count). The van der Waals surface area contributed by atoms with Gasteiger partial charge in [0.15, 0.2) is 0 Å². The molecule has 0 aliphatic rings. The van der Waals surface area contributed by atoms with Crippen molar-refractivity contribution in [3.05, 3.63) is 24.3 Å². The van der Waals surface area contributed by atoms with Crippen molar-refractivity contribution in [2.75, 3.05) is 6.61 Å². The second-order valence-electron chi connectivity index (χ2n) is 1.78. The Bertz CT molecular complexity index is 92.7. The molecule has 0 aliphatic carbocycles. The van der Waals surface area contributed by atoms with E-state index in [1.165, 1.54) is 0 Å². The van der Waals surface area contributed by atoms with Crippen LogP contribution in [0.1, 0.15) is 19.8 Å². The van der Waals surface area contributed by atoms with Crippen LogP contribution in [0.5, 0.6) is 0 Å². The Morgan fingerprint density at radius 3 is 2.33 bits per heavy atom. The predicted octanol–water partition coefficient (Wildman–Crippen LogP) is 2.33. The van der Waals surface area contributed by atoms with Crippen LogP contribution in [0.2, 0.25) is 0 Å².